The van der Waals surface area contributed by atoms with Crippen molar-refractivity contribution in [2.24, 2.45) is 0 Å². The van der Waals surface area contributed by atoms with Crippen LogP contribution in [0.2, 0.25) is 0 Å². The van der Waals surface area contributed by atoms with Gasteiger partial charge in [-0.05, 0) is 52.2 Å². The monoisotopic (exact) mass is 246 g/mol. The highest BCUT2D eigenvalue weighted by Gasteiger charge is 2.26. The van der Waals surface area contributed by atoms with E-state index in [-0.39, 0.29) is 0 Å². The smallest absolute Gasteiger partial charge is 0.0396 e. The van der Waals surface area contributed by atoms with Gasteiger partial charge in [0.2, 0.25) is 0 Å². The molecule has 2 nitrogen and oxygen atoms in total. The van der Waals surface area contributed by atoms with E-state index in [2.05, 4.69) is 63.2 Å². The van der Waals surface area contributed by atoms with Crippen LogP contribution in [0.15, 0.2) is 18.2 Å². The van der Waals surface area contributed by atoms with Crippen molar-refractivity contribution < 1.29 is 0 Å². The third-order valence-corrected chi connectivity index (χ3v) is 4.10. The SMILES string of the molecule is Cc1ccc(N(C)C2CC(C)NC(C)C2)c(C)c1. The fraction of sp³-hybridized carbons (Fsp3) is 0.625. The molecule has 2 rings (SSSR count). The Morgan fingerprint density at radius 3 is 2.28 bits per heavy atom. The van der Waals surface area contributed by atoms with Gasteiger partial charge in [-0.2, -0.15) is 0 Å². The van der Waals surface area contributed by atoms with Crippen LogP contribution < -0.4 is 10.2 Å². The zero-order chi connectivity index (χ0) is 13.3. The molecule has 0 spiro atoms. The minimum Gasteiger partial charge on any atom is -0.371 e. The first-order valence-electron chi connectivity index (χ1n) is 7.03. The molecule has 1 saturated heterocycles. The molecule has 1 N–H and O–H groups in total. The number of piperidine rings is 1. The molecule has 1 fully saturated rings. The summed E-state index contributed by atoms with van der Waals surface area (Å²) in [5.41, 5.74) is 4.11. The molecule has 0 aromatic heterocycles. The Balaban J connectivity index is 2.17. The Bertz CT molecular complexity index is 404. The molecule has 0 bridgehead atoms. The first kappa shape index (κ1) is 13.4. The lowest BCUT2D eigenvalue weighted by Crippen LogP contribution is -2.50. The highest BCUT2D eigenvalue weighted by molar-refractivity contribution is 5.54. The maximum Gasteiger partial charge on any atom is 0.0396 e. The normalized spacial score (nSPS) is 28.2. The standard InChI is InChI=1S/C16H26N2/c1-11-6-7-16(12(2)8-11)18(5)15-9-13(3)17-14(4)10-15/h6-8,13-15,17H,9-10H2,1-5H3. The quantitative estimate of drug-likeness (QED) is 0.861. The molecule has 0 radical (unpaired) electrons. The Morgan fingerprint density at radius 1 is 1.11 bits per heavy atom. The summed E-state index contributed by atoms with van der Waals surface area (Å²) in [6, 6.07) is 8.64. The number of anilines is 1. The third-order valence-electron chi connectivity index (χ3n) is 4.10. The highest BCUT2D eigenvalue weighted by atomic mass is 15.2. The maximum atomic E-state index is 3.61. The average molecular weight is 246 g/mol. The van der Waals surface area contributed by atoms with Gasteiger partial charge in [0.25, 0.3) is 0 Å². The van der Waals surface area contributed by atoms with Gasteiger partial charge < -0.3 is 10.2 Å². The van der Waals surface area contributed by atoms with Crippen molar-refractivity contribution in [2.45, 2.75) is 58.7 Å². The van der Waals surface area contributed by atoms with Crippen molar-refractivity contribution in [1.82, 2.24) is 5.32 Å². The molecule has 100 valence electrons. The molecule has 18 heavy (non-hydrogen) atoms. The van der Waals surface area contributed by atoms with Crippen molar-refractivity contribution in [3.8, 4) is 0 Å². The van der Waals surface area contributed by atoms with Crippen LogP contribution in [0.4, 0.5) is 5.69 Å². The lowest BCUT2D eigenvalue weighted by Gasteiger charge is -2.39. The number of benzene rings is 1. The molecule has 1 aliphatic rings. The first-order chi connectivity index (χ1) is 8.47. The first-order valence-corrected chi connectivity index (χ1v) is 7.03. The Labute approximate surface area is 111 Å². The lowest BCUT2D eigenvalue weighted by atomic mass is 9.93. The molecular formula is C16H26N2. The number of aryl methyl sites for hydroxylation is 2. The van der Waals surface area contributed by atoms with Gasteiger partial charge in [0.05, 0.1) is 0 Å². The molecule has 1 aromatic rings. The average Bonchev–Trinajstić information content (AvgIpc) is 2.26. The second-order valence-corrected chi connectivity index (χ2v) is 5.99. The molecule has 1 heterocycles. The summed E-state index contributed by atoms with van der Waals surface area (Å²) >= 11 is 0. The van der Waals surface area contributed by atoms with Crippen LogP contribution in [-0.4, -0.2) is 25.2 Å². The van der Waals surface area contributed by atoms with Crippen LogP contribution in [0.3, 0.4) is 0 Å². The minimum atomic E-state index is 0.618. The van der Waals surface area contributed by atoms with E-state index < -0.39 is 0 Å². The molecule has 2 unspecified atom stereocenters. The predicted molar refractivity (Wildman–Crippen MR) is 79.4 cm³/mol. The second kappa shape index (κ2) is 5.31. The van der Waals surface area contributed by atoms with E-state index in [1.54, 1.807) is 0 Å². The third kappa shape index (κ3) is 2.86. The van der Waals surface area contributed by atoms with Crippen LogP contribution in [-0.2, 0) is 0 Å². The largest absolute Gasteiger partial charge is 0.371 e. The zero-order valence-electron chi connectivity index (χ0n) is 12.3. The summed E-state index contributed by atoms with van der Waals surface area (Å²) in [6.45, 7) is 8.95. The minimum absolute atomic E-state index is 0.618. The number of nitrogens with zero attached hydrogens (tertiary/aromatic N) is 1. The molecule has 0 aliphatic carbocycles. The number of hydrogen-bond acceptors (Lipinski definition) is 2. The van der Waals surface area contributed by atoms with Gasteiger partial charge in [0, 0.05) is 30.9 Å². The topological polar surface area (TPSA) is 15.3 Å². The van der Waals surface area contributed by atoms with Crippen LogP contribution in [0.25, 0.3) is 0 Å². The van der Waals surface area contributed by atoms with Gasteiger partial charge in [-0.15, -0.1) is 0 Å². The van der Waals surface area contributed by atoms with Gasteiger partial charge in [-0.25, -0.2) is 0 Å². The van der Waals surface area contributed by atoms with Gasteiger partial charge in [0.1, 0.15) is 0 Å². The van der Waals surface area contributed by atoms with Crippen LogP contribution in [0.1, 0.15) is 37.8 Å². The summed E-state index contributed by atoms with van der Waals surface area (Å²) in [5, 5.41) is 3.61. The number of nitrogens with one attached hydrogen (secondary N) is 1. The van der Waals surface area contributed by atoms with Crippen LogP contribution in [0.5, 0.6) is 0 Å². The van der Waals surface area contributed by atoms with Gasteiger partial charge in [0.15, 0.2) is 0 Å². The summed E-state index contributed by atoms with van der Waals surface area (Å²) in [5.74, 6) is 0. The molecule has 1 aliphatic heterocycles. The van der Waals surface area contributed by atoms with Crippen LogP contribution in [0, 0.1) is 13.8 Å². The van der Waals surface area contributed by atoms with E-state index in [0.717, 1.165) is 0 Å². The van der Waals surface area contributed by atoms with E-state index in [9.17, 15) is 0 Å². The molecule has 2 heteroatoms. The fourth-order valence-electron chi connectivity index (χ4n) is 3.25. The summed E-state index contributed by atoms with van der Waals surface area (Å²) in [4.78, 5) is 2.47. The molecule has 0 amide bonds. The van der Waals surface area contributed by atoms with E-state index in [1.165, 1.54) is 29.7 Å². The number of hydrogen-bond donors (Lipinski definition) is 1. The van der Waals surface area contributed by atoms with Crippen molar-refractivity contribution in [1.29, 1.82) is 0 Å². The molecular weight excluding hydrogens is 220 g/mol. The zero-order valence-corrected chi connectivity index (χ0v) is 12.3. The van der Waals surface area contributed by atoms with E-state index in [1.807, 2.05) is 0 Å². The van der Waals surface area contributed by atoms with E-state index >= 15 is 0 Å². The second-order valence-electron chi connectivity index (χ2n) is 5.99. The van der Waals surface area contributed by atoms with Crippen molar-refractivity contribution >= 4 is 5.69 Å². The Hall–Kier alpha value is -1.02. The summed E-state index contributed by atoms with van der Waals surface area (Å²) < 4.78 is 0. The number of rotatable bonds is 2. The highest BCUT2D eigenvalue weighted by Crippen LogP contribution is 2.27. The van der Waals surface area contributed by atoms with Crippen molar-refractivity contribution in [3.63, 3.8) is 0 Å². The maximum absolute atomic E-state index is 3.61. The van der Waals surface area contributed by atoms with E-state index in [4.69, 9.17) is 0 Å². The van der Waals surface area contributed by atoms with Crippen LogP contribution >= 0.6 is 0 Å². The lowest BCUT2D eigenvalue weighted by molar-refractivity contribution is 0.311. The van der Waals surface area contributed by atoms with Crippen molar-refractivity contribution in [3.05, 3.63) is 29.3 Å². The Kier molecular flexibility index (Phi) is 3.96. The van der Waals surface area contributed by atoms with Gasteiger partial charge in [-0.1, -0.05) is 17.7 Å². The van der Waals surface area contributed by atoms with Gasteiger partial charge >= 0.3 is 0 Å². The Morgan fingerprint density at radius 2 is 1.72 bits per heavy atom. The fourth-order valence-corrected chi connectivity index (χ4v) is 3.25. The van der Waals surface area contributed by atoms with Gasteiger partial charge in [-0.3, -0.25) is 0 Å². The van der Waals surface area contributed by atoms with E-state index in [0.29, 0.717) is 18.1 Å². The van der Waals surface area contributed by atoms with Crippen molar-refractivity contribution in [2.75, 3.05) is 11.9 Å². The molecule has 2 atom stereocenters. The molecule has 1 aromatic carbocycles. The molecule has 0 saturated carbocycles. The summed E-state index contributed by atoms with van der Waals surface area (Å²) in [6.07, 6.45) is 2.46. The summed E-state index contributed by atoms with van der Waals surface area (Å²) in [7, 11) is 2.24. The predicted octanol–water partition coefficient (Wildman–Crippen LogP) is 3.27.